The van der Waals surface area contributed by atoms with Gasteiger partial charge < -0.3 is 5.32 Å². The standard InChI is InChI=1S/C15H15N5O3S2/c1-11-6-7-17-20(11)10-14(21)18-12-2-4-13(5-3-12)25(22,23)19-15-16-8-9-24-15/h2-9H,10H2,1H3,(H,16,19)(H,18,21). The van der Waals surface area contributed by atoms with Crippen molar-refractivity contribution in [2.75, 3.05) is 10.0 Å². The average molecular weight is 377 g/mol. The normalized spacial score (nSPS) is 11.2. The Morgan fingerprint density at radius 3 is 2.56 bits per heavy atom. The zero-order valence-electron chi connectivity index (χ0n) is 13.2. The van der Waals surface area contributed by atoms with Crippen molar-refractivity contribution in [3.8, 4) is 0 Å². The maximum atomic E-state index is 12.2. The highest BCUT2D eigenvalue weighted by molar-refractivity contribution is 7.93. The van der Waals surface area contributed by atoms with Crippen LogP contribution < -0.4 is 10.0 Å². The molecule has 0 fully saturated rings. The topological polar surface area (TPSA) is 106 Å². The molecule has 25 heavy (non-hydrogen) atoms. The molecule has 2 heterocycles. The van der Waals surface area contributed by atoms with Gasteiger partial charge in [-0.15, -0.1) is 11.3 Å². The lowest BCUT2D eigenvalue weighted by molar-refractivity contribution is -0.116. The summed E-state index contributed by atoms with van der Waals surface area (Å²) in [4.78, 5) is 16.0. The number of aryl methyl sites for hydroxylation is 1. The number of hydrogen-bond acceptors (Lipinski definition) is 6. The van der Waals surface area contributed by atoms with Crippen molar-refractivity contribution in [1.29, 1.82) is 0 Å². The van der Waals surface area contributed by atoms with E-state index in [1.54, 1.807) is 16.3 Å². The number of rotatable bonds is 6. The monoisotopic (exact) mass is 377 g/mol. The van der Waals surface area contributed by atoms with Crippen LogP contribution in [0.25, 0.3) is 0 Å². The van der Waals surface area contributed by atoms with Crippen LogP contribution in [0, 0.1) is 6.92 Å². The van der Waals surface area contributed by atoms with Crippen LogP contribution in [0.4, 0.5) is 10.8 Å². The van der Waals surface area contributed by atoms with Gasteiger partial charge in [0.1, 0.15) is 6.54 Å². The van der Waals surface area contributed by atoms with Gasteiger partial charge in [-0.3, -0.25) is 14.2 Å². The second-order valence-corrected chi connectivity index (χ2v) is 7.72. The molecule has 0 aliphatic heterocycles. The van der Waals surface area contributed by atoms with Crippen molar-refractivity contribution in [3.05, 3.63) is 53.8 Å². The molecule has 0 radical (unpaired) electrons. The molecule has 10 heteroatoms. The number of carbonyl (C=O) groups excluding carboxylic acids is 1. The van der Waals surface area contributed by atoms with Gasteiger partial charge in [0, 0.05) is 29.2 Å². The van der Waals surface area contributed by atoms with Crippen LogP contribution in [0.3, 0.4) is 0 Å². The van der Waals surface area contributed by atoms with E-state index >= 15 is 0 Å². The number of hydrogen-bond donors (Lipinski definition) is 2. The van der Waals surface area contributed by atoms with Crippen molar-refractivity contribution < 1.29 is 13.2 Å². The summed E-state index contributed by atoms with van der Waals surface area (Å²) in [6.07, 6.45) is 3.14. The van der Waals surface area contributed by atoms with E-state index in [1.807, 2.05) is 13.0 Å². The molecule has 0 saturated carbocycles. The highest BCUT2D eigenvalue weighted by Gasteiger charge is 2.15. The second kappa shape index (κ2) is 7.03. The van der Waals surface area contributed by atoms with Gasteiger partial charge in [0.05, 0.1) is 4.90 Å². The first-order chi connectivity index (χ1) is 11.9. The Morgan fingerprint density at radius 2 is 1.96 bits per heavy atom. The highest BCUT2D eigenvalue weighted by atomic mass is 32.2. The summed E-state index contributed by atoms with van der Waals surface area (Å²) in [5.41, 5.74) is 1.38. The third-order valence-electron chi connectivity index (χ3n) is 3.32. The SMILES string of the molecule is Cc1ccnn1CC(=O)Nc1ccc(S(=O)(=O)Nc2nccs2)cc1. The Kier molecular flexibility index (Phi) is 4.81. The van der Waals surface area contributed by atoms with E-state index in [9.17, 15) is 13.2 Å². The molecule has 1 aromatic carbocycles. The minimum Gasteiger partial charge on any atom is -0.324 e. The quantitative estimate of drug-likeness (QED) is 0.684. The van der Waals surface area contributed by atoms with Crippen molar-refractivity contribution >= 4 is 38.1 Å². The van der Waals surface area contributed by atoms with Gasteiger partial charge in [0.15, 0.2) is 5.13 Å². The Hall–Kier alpha value is -2.72. The van der Waals surface area contributed by atoms with E-state index in [0.29, 0.717) is 10.8 Å². The maximum absolute atomic E-state index is 12.2. The minimum absolute atomic E-state index is 0.0867. The summed E-state index contributed by atoms with van der Waals surface area (Å²) in [5.74, 6) is -0.247. The van der Waals surface area contributed by atoms with Crippen LogP contribution >= 0.6 is 11.3 Å². The number of sulfonamides is 1. The molecule has 2 aromatic heterocycles. The Labute approximate surface area is 148 Å². The molecule has 0 aliphatic rings. The van der Waals surface area contributed by atoms with Gasteiger partial charge in [-0.25, -0.2) is 13.4 Å². The van der Waals surface area contributed by atoms with E-state index in [1.165, 1.54) is 41.8 Å². The molecule has 0 spiro atoms. The largest absolute Gasteiger partial charge is 0.324 e. The van der Waals surface area contributed by atoms with Crippen molar-refractivity contribution in [1.82, 2.24) is 14.8 Å². The summed E-state index contributed by atoms with van der Waals surface area (Å²) >= 11 is 1.19. The molecule has 1 amide bonds. The van der Waals surface area contributed by atoms with E-state index in [0.717, 1.165) is 5.69 Å². The molecule has 8 nitrogen and oxygen atoms in total. The third kappa shape index (κ3) is 4.22. The fraction of sp³-hybridized carbons (Fsp3) is 0.133. The zero-order chi connectivity index (χ0) is 17.9. The summed E-state index contributed by atoms with van der Waals surface area (Å²) in [7, 11) is -3.70. The van der Waals surface area contributed by atoms with Crippen LogP contribution in [-0.2, 0) is 21.4 Å². The van der Waals surface area contributed by atoms with Crippen LogP contribution in [0.5, 0.6) is 0 Å². The van der Waals surface area contributed by atoms with Crippen LogP contribution in [0.2, 0.25) is 0 Å². The third-order valence-corrected chi connectivity index (χ3v) is 5.50. The highest BCUT2D eigenvalue weighted by Crippen LogP contribution is 2.19. The summed E-state index contributed by atoms with van der Waals surface area (Å²) in [6.45, 7) is 1.94. The molecule has 0 saturated heterocycles. The van der Waals surface area contributed by atoms with Crippen LogP contribution in [0.15, 0.2) is 53.0 Å². The molecule has 0 atom stereocenters. The Morgan fingerprint density at radius 1 is 1.20 bits per heavy atom. The Balaban J connectivity index is 1.65. The molecule has 3 rings (SSSR count). The Bertz CT molecular complexity index is 963. The maximum Gasteiger partial charge on any atom is 0.263 e. The molecular weight excluding hydrogens is 362 g/mol. The van der Waals surface area contributed by atoms with Crippen LogP contribution in [-0.4, -0.2) is 29.1 Å². The summed E-state index contributed by atoms with van der Waals surface area (Å²) in [6, 6.07) is 7.71. The molecule has 0 unspecified atom stereocenters. The fourth-order valence-electron chi connectivity index (χ4n) is 2.07. The van der Waals surface area contributed by atoms with Gasteiger partial charge in [-0.05, 0) is 37.3 Å². The lowest BCUT2D eigenvalue weighted by atomic mass is 10.3. The number of aromatic nitrogens is 3. The number of benzene rings is 1. The predicted octanol–water partition coefficient (Wildman–Crippen LogP) is 2.09. The number of nitrogens with one attached hydrogen (secondary N) is 2. The average Bonchev–Trinajstić information content (AvgIpc) is 3.20. The molecule has 2 N–H and O–H groups in total. The molecule has 130 valence electrons. The second-order valence-electron chi connectivity index (χ2n) is 5.15. The number of thiazole rings is 1. The van der Waals surface area contributed by atoms with Gasteiger partial charge in [-0.2, -0.15) is 5.10 Å². The van der Waals surface area contributed by atoms with Crippen molar-refractivity contribution in [3.63, 3.8) is 0 Å². The summed E-state index contributed by atoms with van der Waals surface area (Å²) < 4.78 is 28.4. The lowest BCUT2D eigenvalue weighted by Gasteiger charge is -2.08. The first kappa shape index (κ1) is 17.1. The number of anilines is 2. The molecule has 0 aliphatic carbocycles. The predicted molar refractivity (Wildman–Crippen MR) is 95.0 cm³/mol. The van der Waals surface area contributed by atoms with Crippen molar-refractivity contribution in [2.45, 2.75) is 18.4 Å². The first-order valence-corrected chi connectivity index (χ1v) is 9.61. The summed E-state index contributed by atoms with van der Waals surface area (Å²) in [5, 5.41) is 8.73. The van der Waals surface area contributed by atoms with E-state index in [2.05, 4.69) is 20.1 Å². The van der Waals surface area contributed by atoms with E-state index < -0.39 is 10.0 Å². The number of nitrogens with zero attached hydrogens (tertiary/aromatic N) is 3. The molecule has 3 aromatic rings. The van der Waals surface area contributed by atoms with Gasteiger partial charge in [0.2, 0.25) is 5.91 Å². The number of carbonyl (C=O) groups is 1. The lowest BCUT2D eigenvalue weighted by Crippen LogP contribution is -2.20. The van der Waals surface area contributed by atoms with Gasteiger partial charge in [0.25, 0.3) is 10.0 Å². The number of amides is 1. The fourth-order valence-corrected chi connectivity index (χ4v) is 3.85. The smallest absolute Gasteiger partial charge is 0.263 e. The zero-order valence-corrected chi connectivity index (χ0v) is 14.8. The van der Waals surface area contributed by atoms with E-state index in [-0.39, 0.29) is 17.3 Å². The van der Waals surface area contributed by atoms with Crippen molar-refractivity contribution in [2.24, 2.45) is 0 Å². The van der Waals surface area contributed by atoms with Gasteiger partial charge >= 0.3 is 0 Å². The first-order valence-electron chi connectivity index (χ1n) is 7.25. The molecular formula is C15H15N5O3S2. The van der Waals surface area contributed by atoms with Crippen LogP contribution in [0.1, 0.15) is 5.69 Å². The molecule has 0 bridgehead atoms. The van der Waals surface area contributed by atoms with E-state index in [4.69, 9.17) is 0 Å². The minimum atomic E-state index is -3.70. The van der Waals surface area contributed by atoms with Gasteiger partial charge in [-0.1, -0.05) is 0 Å².